The number of rotatable bonds is 10. The quantitative estimate of drug-likeness (QED) is 0.171. The topological polar surface area (TPSA) is 102 Å². The maximum Gasteiger partial charge on any atom is 0.291 e. The number of nitrogens with zero attached hydrogens (tertiary/aromatic N) is 1. The lowest BCUT2D eigenvalue weighted by atomic mass is 10.1. The Balaban J connectivity index is 1.41. The first-order valence-corrected chi connectivity index (χ1v) is 12.3. The molecule has 194 valence electrons. The Hall–Kier alpha value is -4.27. The van der Waals surface area contributed by atoms with Gasteiger partial charge in [0.2, 0.25) is 0 Å². The van der Waals surface area contributed by atoms with E-state index in [1.807, 2.05) is 13.0 Å². The van der Waals surface area contributed by atoms with E-state index in [1.54, 1.807) is 60.7 Å². The van der Waals surface area contributed by atoms with Gasteiger partial charge in [0.1, 0.15) is 6.61 Å². The first kappa shape index (κ1) is 26.8. The van der Waals surface area contributed by atoms with Crippen molar-refractivity contribution in [2.24, 2.45) is 5.10 Å². The van der Waals surface area contributed by atoms with Crippen LogP contribution in [0.5, 0.6) is 11.5 Å². The number of ether oxygens (including phenoxy) is 2. The lowest BCUT2D eigenvalue weighted by Crippen LogP contribution is -2.21. The highest BCUT2D eigenvalue weighted by Crippen LogP contribution is 2.30. The summed E-state index contributed by atoms with van der Waals surface area (Å²) in [6, 6.07) is 20.3. The van der Waals surface area contributed by atoms with Crippen molar-refractivity contribution in [3.05, 3.63) is 112 Å². The number of hydrazone groups is 1. The Morgan fingerprint density at radius 1 is 0.921 bits per heavy atom. The summed E-state index contributed by atoms with van der Waals surface area (Å²) < 4.78 is 16.7. The molecule has 1 aromatic heterocycles. The standard InChI is InChI=1S/C28H23Cl2N3O5/c1-2-36-26-15-18(10-12-24(26)38-17-19-9-11-21(29)22(30)14-19)16-31-33-27(34)20-6-3-4-7-23(20)32-28(35)25-8-5-13-37-25/h3-16H,2,17H2,1H3,(H,32,35)(H,33,34)/b31-16-. The molecule has 0 aliphatic heterocycles. The van der Waals surface area contributed by atoms with Gasteiger partial charge < -0.3 is 19.2 Å². The highest BCUT2D eigenvalue weighted by Gasteiger charge is 2.15. The van der Waals surface area contributed by atoms with Crippen LogP contribution in [0.15, 0.2) is 88.6 Å². The maximum atomic E-state index is 12.8. The Labute approximate surface area is 229 Å². The number of benzene rings is 3. The van der Waals surface area contributed by atoms with Crippen molar-refractivity contribution in [2.45, 2.75) is 13.5 Å². The third-order valence-electron chi connectivity index (χ3n) is 5.19. The Kier molecular flexibility index (Phi) is 9.02. The van der Waals surface area contributed by atoms with Crippen LogP contribution in [0.4, 0.5) is 5.69 Å². The molecule has 0 fully saturated rings. The van der Waals surface area contributed by atoms with Gasteiger partial charge in [0, 0.05) is 0 Å². The minimum atomic E-state index is -0.497. The average Bonchev–Trinajstić information content (AvgIpc) is 3.46. The van der Waals surface area contributed by atoms with Gasteiger partial charge in [0.15, 0.2) is 17.3 Å². The molecule has 2 amide bonds. The molecule has 3 aromatic carbocycles. The van der Waals surface area contributed by atoms with Gasteiger partial charge >= 0.3 is 0 Å². The lowest BCUT2D eigenvalue weighted by Gasteiger charge is -2.13. The fourth-order valence-corrected chi connectivity index (χ4v) is 3.71. The van der Waals surface area contributed by atoms with E-state index in [0.717, 1.165) is 5.56 Å². The van der Waals surface area contributed by atoms with Crippen LogP contribution in [-0.2, 0) is 6.61 Å². The fraction of sp³-hybridized carbons (Fsp3) is 0.107. The minimum absolute atomic E-state index is 0.132. The van der Waals surface area contributed by atoms with E-state index in [4.69, 9.17) is 37.1 Å². The number of anilines is 1. The molecule has 0 saturated carbocycles. The van der Waals surface area contributed by atoms with Crippen LogP contribution in [-0.4, -0.2) is 24.6 Å². The van der Waals surface area contributed by atoms with Gasteiger partial charge in [0.25, 0.3) is 11.8 Å². The molecule has 0 aliphatic rings. The zero-order valence-corrected chi connectivity index (χ0v) is 21.8. The van der Waals surface area contributed by atoms with Gasteiger partial charge in [-0.2, -0.15) is 5.10 Å². The predicted octanol–water partition coefficient (Wildman–Crippen LogP) is 6.58. The van der Waals surface area contributed by atoms with Crippen molar-refractivity contribution >= 4 is 46.9 Å². The SMILES string of the molecule is CCOc1cc(/C=N\NC(=O)c2ccccc2NC(=O)c2ccco2)ccc1OCc1ccc(Cl)c(Cl)c1. The molecule has 38 heavy (non-hydrogen) atoms. The number of furan rings is 1. The molecule has 0 radical (unpaired) electrons. The van der Waals surface area contributed by atoms with Crippen LogP contribution in [0.25, 0.3) is 0 Å². The Morgan fingerprint density at radius 3 is 2.53 bits per heavy atom. The van der Waals surface area contributed by atoms with E-state index in [0.29, 0.717) is 39.4 Å². The molecular weight excluding hydrogens is 529 g/mol. The molecule has 0 aliphatic carbocycles. The van der Waals surface area contributed by atoms with Crippen molar-refractivity contribution in [2.75, 3.05) is 11.9 Å². The summed E-state index contributed by atoms with van der Waals surface area (Å²) in [4.78, 5) is 25.1. The first-order chi connectivity index (χ1) is 18.4. The number of hydrogen-bond acceptors (Lipinski definition) is 6. The third-order valence-corrected chi connectivity index (χ3v) is 5.93. The number of nitrogens with one attached hydrogen (secondary N) is 2. The van der Waals surface area contributed by atoms with Crippen LogP contribution >= 0.6 is 23.2 Å². The Morgan fingerprint density at radius 2 is 1.76 bits per heavy atom. The molecule has 0 spiro atoms. The van der Waals surface area contributed by atoms with Gasteiger partial charge in [0.05, 0.1) is 40.4 Å². The minimum Gasteiger partial charge on any atom is -0.490 e. The van der Waals surface area contributed by atoms with Crippen LogP contribution in [0.1, 0.15) is 39.0 Å². The largest absolute Gasteiger partial charge is 0.490 e. The molecule has 0 saturated heterocycles. The molecule has 0 bridgehead atoms. The summed E-state index contributed by atoms with van der Waals surface area (Å²) >= 11 is 12.1. The highest BCUT2D eigenvalue weighted by atomic mass is 35.5. The van der Waals surface area contributed by atoms with Gasteiger partial charge in [-0.1, -0.05) is 41.4 Å². The maximum absolute atomic E-state index is 12.8. The van der Waals surface area contributed by atoms with Crippen molar-refractivity contribution in [1.29, 1.82) is 0 Å². The van der Waals surface area contributed by atoms with Gasteiger partial charge in [-0.05, 0) is 72.6 Å². The molecule has 1 heterocycles. The molecule has 0 unspecified atom stereocenters. The predicted molar refractivity (Wildman–Crippen MR) is 147 cm³/mol. The molecule has 2 N–H and O–H groups in total. The van der Waals surface area contributed by atoms with E-state index in [1.165, 1.54) is 18.5 Å². The zero-order chi connectivity index (χ0) is 26.9. The van der Waals surface area contributed by atoms with Crippen LogP contribution in [0.2, 0.25) is 10.0 Å². The van der Waals surface area contributed by atoms with Crippen LogP contribution in [0.3, 0.4) is 0 Å². The van der Waals surface area contributed by atoms with Crippen molar-refractivity contribution in [3.63, 3.8) is 0 Å². The number of hydrogen-bond donors (Lipinski definition) is 2. The fourth-order valence-electron chi connectivity index (χ4n) is 3.39. The highest BCUT2D eigenvalue weighted by molar-refractivity contribution is 6.42. The van der Waals surface area contributed by atoms with E-state index in [9.17, 15) is 9.59 Å². The second-order valence-electron chi connectivity index (χ2n) is 7.85. The van der Waals surface area contributed by atoms with E-state index >= 15 is 0 Å². The second kappa shape index (κ2) is 12.8. The third kappa shape index (κ3) is 6.94. The van der Waals surface area contributed by atoms with Crippen LogP contribution < -0.4 is 20.2 Å². The normalized spacial score (nSPS) is 10.8. The number of carbonyl (C=O) groups excluding carboxylic acids is 2. The Bertz CT molecular complexity index is 1450. The summed E-state index contributed by atoms with van der Waals surface area (Å²) in [6.45, 7) is 2.57. The number of halogens is 2. The summed E-state index contributed by atoms with van der Waals surface area (Å²) in [5.41, 5.74) is 4.58. The first-order valence-electron chi connectivity index (χ1n) is 11.6. The number of para-hydroxylation sites is 1. The van der Waals surface area contributed by atoms with Gasteiger partial charge in [-0.3, -0.25) is 9.59 Å². The van der Waals surface area contributed by atoms with Crippen LogP contribution in [0, 0.1) is 0 Å². The summed E-state index contributed by atoms with van der Waals surface area (Å²) in [7, 11) is 0. The number of carbonyl (C=O) groups is 2. The van der Waals surface area contributed by atoms with Gasteiger partial charge in [-0.15, -0.1) is 0 Å². The second-order valence-corrected chi connectivity index (χ2v) is 8.67. The molecule has 4 aromatic rings. The van der Waals surface area contributed by atoms with Crippen molar-refractivity contribution < 1.29 is 23.5 Å². The molecular formula is C28H23Cl2N3O5. The van der Waals surface area contributed by atoms with E-state index < -0.39 is 11.8 Å². The summed E-state index contributed by atoms with van der Waals surface area (Å²) in [5.74, 6) is 0.230. The van der Waals surface area contributed by atoms with Gasteiger partial charge in [-0.25, -0.2) is 5.43 Å². The van der Waals surface area contributed by atoms with E-state index in [-0.39, 0.29) is 17.9 Å². The molecule has 10 heteroatoms. The smallest absolute Gasteiger partial charge is 0.291 e. The monoisotopic (exact) mass is 551 g/mol. The van der Waals surface area contributed by atoms with Crippen molar-refractivity contribution in [1.82, 2.24) is 5.43 Å². The number of amides is 2. The van der Waals surface area contributed by atoms with Crippen molar-refractivity contribution in [3.8, 4) is 11.5 Å². The molecule has 0 atom stereocenters. The average molecular weight is 552 g/mol. The summed E-state index contributed by atoms with van der Waals surface area (Å²) in [6.07, 6.45) is 2.88. The molecule has 8 nitrogen and oxygen atoms in total. The molecule has 4 rings (SSSR count). The van der Waals surface area contributed by atoms with E-state index in [2.05, 4.69) is 15.8 Å². The zero-order valence-electron chi connectivity index (χ0n) is 20.2. The summed E-state index contributed by atoms with van der Waals surface area (Å²) in [5, 5.41) is 7.65. The lowest BCUT2D eigenvalue weighted by molar-refractivity contribution is 0.0956.